The van der Waals surface area contributed by atoms with Crippen molar-refractivity contribution in [3.05, 3.63) is 63.6 Å². The van der Waals surface area contributed by atoms with Crippen LogP contribution in [0.5, 0.6) is 0 Å². The lowest BCUT2D eigenvalue weighted by Gasteiger charge is -2.42. The number of anilines is 1. The van der Waals surface area contributed by atoms with E-state index in [9.17, 15) is 32.0 Å². The Morgan fingerprint density at radius 3 is 2.48 bits per heavy atom. The highest BCUT2D eigenvalue weighted by Gasteiger charge is 2.41. The number of aryl methyl sites for hydroxylation is 1. The second kappa shape index (κ2) is 10.8. The first kappa shape index (κ1) is 29.1. The molecule has 4 amide bonds. The van der Waals surface area contributed by atoms with Crippen LogP contribution in [0, 0.1) is 6.92 Å². The molecule has 14 nitrogen and oxygen atoms in total. The molecule has 0 radical (unpaired) electrons. The van der Waals surface area contributed by atoms with Gasteiger partial charge < -0.3 is 15.1 Å². The number of aromatic nitrogens is 3. The molecule has 3 N–H and O–H groups in total. The molecular weight excluding hydrogens is 571 g/mol. The number of amides is 4. The molecule has 2 aromatic heterocycles. The maximum atomic E-state index is 14.0. The van der Waals surface area contributed by atoms with Gasteiger partial charge in [-0.15, -0.1) is 0 Å². The zero-order valence-electron chi connectivity index (χ0n) is 22.9. The summed E-state index contributed by atoms with van der Waals surface area (Å²) < 4.78 is 38.0. The third-order valence-corrected chi connectivity index (χ3v) is 7.66. The van der Waals surface area contributed by atoms with Crippen LogP contribution in [0.3, 0.4) is 0 Å². The summed E-state index contributed by atoms with van der Waals surface area (Å²) in [6.45, 7) is 2.82. The van der Waals surface area contributed by atoms with Crippen molar-refractivity contribution >= 4 is 44.9 Å². The van der Waals surface area contributed by atoms with Gasteiger partial charge in [-0.2, -0.15) is 0 Å². The third kappa shape index (κ3) is 6.08. The van der Waals surface area contributed by atoms with Gasteiger partial charge in [-0.3, -0.25) is 23.9 Å². The lowest BCUT2D eigenvalue weighted by atomic mass is 9.99. The molecule has 4 heterocycles. The fourth-order valence-electron chi connectivity index (χ4n) is 4.85. The molecule has 0 saturated carbocycles. The summed E-state index contributed by atoms with van der Waals surface area (Å²) in [5.41, 5.74) is -0.761. The van der Waals surface area contributed by atoms with Gasteiger partial charge in [0.05, 0.1) is 19.3 Å². The van der Waals surface area contributed by atoms with Crippen molar-refractivity contribution in [1.82, 2.24) is 29.7 Å². The van der Waals surface area contributed by atoms with E-state index in [0.29, 0.717) is 0 Å². The molecule has 2 aliphatic rings. The fraction of sp³-hybridized carbons (Fsp3) is 0.385. The number of hydrogen-bond acceptors (Lipinski definition) is 8. The van der Waals surface area contributed by atoms with Crippen molar-refractivity contribution in [2.75, 3.05) is 37.0 Å². The highest BCUT2D eigenvalue weighted by atomic mass is 32.2. The van der Waals surface area contributed by atoms with Crippen LogP contribution < -0.4 is 20.9 Å². The Morgan fingerprint density at radius 1 is 1.14 bits per heavy atom. The molecule has 16 heteroatoms. The summed E-state index contributed by atoms with van der Waals surface area (Å²) in [5, 5.41) is 7.78. The second-order valence-corrected chi connectivity index (χ2v) is 12.3. The first-order valence-corrected chi connectivity index (χ1v) is 14.7. The zero-order valence-corrected chi connectivity index (χ0v) is 23.7. The lowest BCUT2D eigenvalue weighted by Crippen LogP contribution is -2.60. The van der Waals surface area contributed by atoms with Crippen LogP contribution >= 0.6 is 0 Å². The van der Waals surface area contributed by atoms with Crippen molar-refractivity contribution < 1.29 is 27.2 Å². The summed E-state index contributed by atoms with van der Waals surface area (Å²) in [6.07, 6.45) is 1.21. The minimum absolute atomic E-state index is 0.0243. The van der Waals surface area contributed by atoms with Gasteiger partial charge in [-0.05, 0) is 25.5 Å². The number of likely N-dealkylation sites (tertiary alicyclic amines) is 1. The van der Waals surface area contributed by atoms with E-state index < -0.39 is 51.5 Å². The van der Waals surface area contributed by atoms with E-state index in [1.54, 1.807) is 0 Å². The zero-order chi connectivity index (χ0) is 30.4. The predicted molar refractivity (Wildman–Crippen MR) is 150 cm³/mol. The number of carbonyl (C=O) groups is 3. The molecule has 3 aromatic rings. The Balaban J connectivity index is 1.49. The Morgan fingerprint density at radius 2 is 1.83 bits per heavy atom. The van der Waals surface area contributed by atoms with E-state index in [2.05, 4.69) is 15.3 Å². The van der Waals surface area contributed by atoms with Gasteiger partial charge in [-0.25, -0.2) is 32.7 Å². The number of benzene rings is 1. The normalized spacial score (nSPS) is 16.6. The molecule has 42 heavy (non-hydrogen) atoms. The van der Waals surface area contributed by atoms with Gasteiger partial charge >= 0.3 is 6.03 Å². The predicted octanol–water partition coefficient (Wildman–Crippen LogP) is 0.0883. The lowest BCUT2D eigenvalue weighted by molar-refractivity contribution is -0.144. The molecule has 2 fully saturated rings. The Kier molecular flexibility index (Phi) is 7.44. The molecule has 0 bridgehead atoms. The summed E-state index contributed by atoms with van der Waals surface area (Å²) in [7, 11) is -3.96. The van der Waals surface area contributed by atoms with Gasteiger partial charge in [-0.1, -0.05) is 29.8 Å². The molecule has 2 saturated heterocycles. The van der Waals surface area contributed by atoms with Crippen LogP contribution in [0.2, 0.25) is 0 Å². The van der Waals surface area contributed by atoms with E-state index >= 15 is 0 Å². The van der Waals surface area contributed by atoms with Crippen LogP contribution in [0.1, 0.15) is 28.4 Å². The largest absolute Gasteiger partial charge is 0.348 e. The van der Waals surface area contributed by atoms with Crippen molar-refractivity contribution in [3.8, 4) is 0 Å². The number of carbonyl (C=O) groups excluding carboxylic acids is 3. The van der Waals surface area contributed by atoms with Crippen molar-refractivity contribution in [1.29, 1.82) is 0 Å². The second-order valence-electron chi connectivity index (χ2n) is 10.7. The Hall–Kier alpha value is -4.44. The Labute approximate surface area is 240 Å². The van der Waals surface area contributed by atoms with Crippen molar-refractivity contribution in [3.63, 3.8) is 0 Å². The SMILES string of the molecule is Cc1ccc(CNC(=O)c2cc3nc(N4CCN(CS(N)(=O)=O)C4=O)cnc3n(CC(=O)N3CC(C)(F)C3)c2=O)cc1. The molecule has 0 unspecified atom stereocenters. The molecular formula is C26H29FN8O6S. The van der Waals surface area contributed by atoms with E-state index in [1.807, 2.05) is 31.2 Å². The smallest absolute Gasteiger partial charge is 0.326 e. The van der Waals surface area contributed by atoms with Gasteiger partial charge in [0.2, 0.25) is 15.9 Å². The molecule has 5 rings (SSSR count). The van der Waals surface area contributed by atoms with Crippen molar-refractivity contribution in [2.45, 2.75) is 32.6 Å². The van der Waals surface area contributed by atoms with Gasteiger partial charge in [0.15, 0.2) is 11.5 Å². The minimum Gasteiger partial charge on any atom is -0.348 e. The van der Waals surface area contributed by atoms with Crippen LogP contribution in [-0.4, -0.2) is 88.3 Å². The first-order valence-electron chi connectivity index (χ1n) is 13.0. The maximum Gasteiger partial charge on any atom is 0.326 e. The van der Waals surface area contributed by atoms with Crippen molar-refractivity contribution in [2.24, 2.45) is 5.14 Å². The molecule has 0 atom stereocenters. The molecule has 0 spiro atoms. The molecule has 2 aliphatic heterocycles. The topological polar surface area (TPSA) is 181 Å². The number of halogens is 1. The number of pyridine rings is 1. The molecule has 0 aliphatic carbocycles. The number of alkyl halides is 1. The molecule has 222 valence electrons. The van der Waals surface area contributed by atoms with E-state index in [-0.39, 0.29) is 55.3 Å². The first-order chi connectivity index (χ1) is 19.7. The molecule has 1 aromatic carbocycles. The number of nitrogens with one attached hydrogen (secondary N) is 1. The number of fused-ring (bicyclic) bond motifs is 1. The summed E-state index contributed by atoms with van der Waals surface area (Å²) in [5.74, 6) is -1.88. The number of nitrogens with zero attached hydrogens (tertiary/aromatic N) is 6. The van der Waals surface area contributed by atoms with Crippen LogP contribution in [0.4, 0.5) is 15.0 Å². The minimum atomic E-state index is -3.96. The van der Waals surface area contributed by atoms with Crippen LogP contribution in [-0.2, 0) is 27.9 Å². The number of nitrogens with two attached hydrogens (primary N) is 1. The quantitative estimate of drug-likeness (QED) is 0.365. The summed E-state index contributed by atoms with van der Waals surface area (Å²) in [4.78, 5) is 64.6. The summed E-state index contributed by atoms with van der Waals surface area (Å²) >= 11 is 0. The standard InChI is InChI=1S/C26H29FN8O6S/c1-16-3-5-17(6-4-16)10-30-23(37)18-9-19-22(35(24(18)38)12-21(36)33-13-26(2,27)14-33)29-11-20(31-19)34-8-7-32(25(34)39)15-42(28,40)41/h3-6,9,11H,7-8,10,12-15H2,1-2H3,(H,30,37)(H2,28,40,41). The van der Waals surface area contributed by atoms with E-state index in [1.165, 1.54) is 29.0 Å². The number of hydrogen-bond donors (Lipinski definition) is 2. The van der Waals surface area contributed by atoms with Gasteiger partial charge in [0.25, 0.3) is 11.5 Å². The fourth-order valence-corrected chi connectivity index (χ4v) is 5.52. The van der Waals surface area contributed by atoms with Gasteiger partial charge in [0.1, 0.15) is 29.2 Å². The van der Waals surface area contributed by atoms with E-state index in [0.717, 1.165) is 20.6 Å². The van der Waals surface area contributed by atoms with Crippen LogP contribution in [0.15, 0.2) is 41.3 Å². The monoisotopic (exact) mass is 600 g/mol. The maximum absolute atomic E-state index is 14.0. The average molecular weight is 601 g/mol. The highest BCUT2D eigenvalue weighted by molar-refractivity contribution is 7.89. The average Bonchev–Trinajstić information content (AvgIpc) is 3.25. The number of urea groups is 1. The third-order valence-electron chi connectivity index (χ3n) is 6.99. The number of primary sulfonamides is 1. The van der Waals surface area contributed by atoms with E-state index in [4.69, 9.17) is 5.14 Å². The highest BCUT2D eigenvalue weighted by Crippen LogP contribution is 2.25. The number of rotatable bonds is 8. The summed E-state index contributed by atoms with van der Waals surface area (Å²) in [6, 6.07) is 8.00. The van der Waals surface area contributed by atoms with Gasteiger partial charge in [0, 0.05) is 19.6 Å². The number of sulfonamides is 1. The Bertz CT molecular complexity index is 1750. The van der Waals surface area contributed by atoms with Crippen LogP contribution in [0.25, 0.3) is 11.2 Å².